The van der Waals surface area contributed by atoms with E-state index in [1.54, 1.807) is 24.7 Å². The summed E-state index contributed by atoms with van der Waals surface area (Å²) in [6.45, 7) is 0. The van der Waals surface area contributed by atoms with Crippen LogP contribution in [0.25, 0.3) is 0 Å². The smallest absolute Gasteiger partial charge is 0.141 e. The number of hydrazine groups is 1. The van der Waals surface area contributed by atoms with Crippen molar-refractivity contribution < 1.29 is 4.39 Å². The maximum Gasteiger partial charge on any atom is 0.141 e. The van der Waals surface area contributed by atoms with E-state index in [4.69, 9.17) is 17.4 Å². The molecule has 0 fully saturated rings. The van der Waals surface area contributed by atoms with E-state index in [9.17, 15) is 4.39 Å². The second-order valence-corrected chi connectivity index (χ2v) is 4.23. The van der Waals surface area contributed by atoms with Crippen LogP contribution >= 0.6 is 11.6 Å². The average Bonchev–Trinajstić information content (AvgIpc) is 2.38. The Hall–Kier alpha value is -1.56. The molecule has 6 heteroatoms. The second kappa shape index (κ2) is 5.86. The van der Waals surface area contributed by atoms with Crippen LogP contribution in [-0.2, 0) is 6.42 Å². The van der Waals surface area contributed by atoms with Crippen LogP contribution < -0.4 is 11.3 Å². The summed E-state index contributed by atoms with van der Waals surface area (Å²) in [6, 6.07) is 2.94. The molecule has 4 nitrogen and oxygen atoms in total. The number of nitrogens with zero attached hydrogens (tertiary/aromatic N) is 2. The number of rotatable bonds is 4. The molecule has 2 rings (SSSR count). The molecule has 2 heterocycles. The second-order valence-electron chi connectivity index (χ2n) is 3.83. The van der Waals surface area contributed by atoms with E-state index in [0.717, 1.165) is 11.8 Å². The van der Waals surface area contributed by atoms with E-state index in [-0.39, 0.29) is 6.04 Å². The maximum atomic E-state index is 13.1. The highest BCUT2D eigenvalue weighted by Crippen LogP contribution is 2.22. The summed E-state index contributed by atoms with van der Waals surface area (Å²) in [6.07, 6.45) is 6.47. The van der Waals surface area contributed by atoms with Gasteiger partial charge in [0.15, 0.2) is 0 Å². The first-order valence-corrected chi connectivity index (χ1v) is 5.73. The third-order valence-corrected chi connectivity index (χ3v) is 2.95. The van der Waals surface area contributed by atoms with Gasteiger partial charge in [0.2, 0.25) is 0 Å². The summed E-state index contributed by atoms with van der Waals surface area (Å²) < 4.78 is 13.1. The first-order valence-electron chi connectivity index (χ1n) is 5.35. The summed E-state index contributed by atoms with van der Waals surface area (Å²) in [5.74, 6) is 5.10. The normalized spacial score (nSPS) is 12.4. The fraction of sp³-hybridized carbons (Fsp3) is 0.167. The van der Waals surface area contributed by atoms with Crippen LogP contribution in [0.15, 0.2) is 36.9 Å². The molecular weight excluding hydrogens is 255 g/mol. The molecule has 1 unspecified atom stereocenters. The Morgan fingerprint density at radius 1 is 1.33 bits per heavy atom. The highest BCUT2D eigenvalue weighted by Gasteiger charge is 2.13. The van der Waals surface area contributed by atoms with Crippen molar-refractivity contribution in [1.29, 1.82) is 0 Å². The van der Waals surface area contributed by atoms with Crippen LogP contribution in [-0.4, -0.2) is 9.97 Å². The summed E-state index contributed by atoms with van der Waals surface area (Å²) >= 11 is 6.02. The molecule has 0 saturated carbocycles. The number of hydrogen-bond acceptors (Lipinski definition) is 4. The van der Waals surface area contributed by atoms with Crippen LogP contribution in [0.4, 0.5) is 4.39 Å². The van der Waals surface area contributed by atoms with Gasteiger partial charge in [-0.05, 0) is 29.7 Å². The Balaban J connectivity index is 2.23. The molecule has 94 valence electrons. The van der Waals surface area contributed by atoms with Gasteiger partial charge in [-0.1, -0.05) is 11.6 Å². The van der Waals surface area contributed by atoms with Gasteiger partial charge in [-0.3, -0.25) is 21.2 Å². The zero-order valence-corrected chi connectivity index (χ0v) is 10.2. The third kappa shape index (κ3) is 3.01. The van der Waals surface area contributed by atoms with Crippen molar-refractivity contribution in [2.24, 2.45) is 5.84 Å². The van der Waals surface area contributed by atoms with Crippen molar-refractivity contribution in [1.82, 2.24) is 15.4 Å². The zero-order chi connectivity index (χ0) is 13.0. The van der Waals surface area contributed by atoms with Crippen molar-refractivity contribution in [3.05, 3.63) is 58.9 Å². The average molecular weight is 267 g/mol. The molecule has 0 amide bonds. The molecule has 18 heavy (non-hydrogen) atoms. The van der Waals surface area contributed by atoms with Gasteiger partial charge in [0.25, 0.3) is 0 Å². The number of nitrogens with two attached hydrogens (primary N) is 1. The SMILES string of the molecule is NNC(Cc1ccncc1Cl)c1cncc(F)c1. The maximum absolute atomic E-state index is 13.1. The Morgan fingerprint density at radius 3 is 2.83 bits per heavy atom. The van der Waals surface area contributed by atoms with Gasteiger partial charge in [0.1, 0.15) is 5.82 Å². The lowest BCUT2D eigenvalue weighted by atomic mass is 10.0. The Bertz CT molecular complexity index is 535. The van der Waals surface area contributed by atoms with Crippen LogP contribution in [0.3, 0.4) is 0 Å². The highest BCUT2D eigenvalue weighted by atomic mass is 35.5. The fourth-order valence-electron chi connectivity index (χ4n) is 1.68. The van der Waals surface area contributed by atoms with Crippen LogP contribution in [0.5, 0.6) is 0 Å². The van der Waals surface area contributed by atoms with E-state index in [1.807, 2.05) is 0 Å². The van der Waals surface area contributed by atoms with Gasteiger partial charge < -0.3 is 0 Å². The monoisotopic (exact) mass is 266 g/mol. The minimum atomic E-state index is -0.395. The predicted molar refractivity (Wildman–Crippen MR) is 67.2 cm³/mol. The van der Waals surface area contributed by atoms with Crippen molar-refractivity contribution in [2.75, 3.05) is 0 Å². The molecule has 0 spiro atoms. The number of halogens is 2. The van der Waals surface area contributed by atoms with E-state index >= 15 is 0 Å². The molecule has 0 aromatic carbocycles. The van der Waals surface area contributed by atoms with Gasteiger partial charge in [-0.15, -0.1) is 0 Å². The van der Waals surface area contributed by atoms with Gasteiger partial charge in [-0.25, -0.2) is 4.39 Å². The lowest BCUT2D eigenvalue weighted by Crippen LogP contribution is -2.29. The molecular formula is C12H12ClFN4. The predicted octanol–water partition coefficient (Wildman–Crippen LogP) is 2.02. The fourth-order valence-corrected chi connectivity index (χ4v) is 1.88. The topological polar surface area (TPSA) is 63.8 Å². The van der Waals surface area contributed by atoms with E-state index in [2.05, 4.69) is 15.4 Å². The summed E-state index contributed by atoms with van der Waals surface area (Å²) in [5, 5.41) is 0.558. The minimum absolute atomic E-state index is 0.256. The zero-order valence-electron chi connectivity index (χ0n) is 9.48. The van der Waals surface area contributed by atoms with Crippen molar-refractivity contribution in [2.45, 2.75) is 12.5 Å². The lowest BCUT2D eigenvalue weighted by Gasteiger charge is -2.16. The Labute approximate surface area is 109 Å². The molecule has 0 aliphatic heterocycles. The van der Waals surface area contributed by atoms with Gasteiger partial charge in [-0.2, -0.15) is 0 Å². The summed E-state index contributed by atoms with van der Waals surface area (Å²) in [7, 11) is 0. The molecule has 3 N–H and O–H groups in total. The molecule has 0 bridgehead atoms. The van der Waals surface area contributed by atoms with Crippen molar-refractivity contribution in [3.8, 4) is 0 Å². The Morgan fingerprint density at radius 2 is 2.17 bits per heavy atom. The molecule has 1 atom stereocenters. The minimum Gasteiger partial charge on any atom is -0.271 e. The van der Waals surface area contributed by atoms with Crippen LogP contribution in [0, 0.1) is 5.82 Å². The number of hydrogen-bond donors (Lipinski definition) is 2. The van der Waals surface area contributed by atoms with Crippen LogP contribution in [0.2, 0.25) is 5.02 Å². The van der Waals surface area contributed by atoms with E-state index < -0.39 is 5.82 Å². The third-order valence-electron chi connectivity index (χ3n) is 2.61. The molecule has 2 aromatic rings. The standard InChI is InChI=1S/C12H12ClFN4/c13-11-7-16-2-1-8(11)4-12(18-15)9-3-10(14)6-17-5-9/h1-3,5-7,12,18H,4,15H2. The molecule has 2 aromatic heterocycles. The molecule has 0 radical (unpaired) electrons. The number of pyridine rings is 2. The largest absolute Gasteiger partial charge is 0.271 e. The van der Waals surface area contributed by atoms with Crippen LogP contribution in [0.1, 0.15) is 17.2 Å². The van der Waals surface area contributed by atoms with Gasteiger partial charge >= 0.3 is 0 Å². The molecule has 0 aliphatic rings. The number of nitrogens with one attached hydrogen (secondary N) is 1. The lowest BCUT2D eigenvalue weighted by molar-refractivity contribution is 0.541. The van der Waals surface area contributed by atoms with Gasteiger partial charge in [0, 0.05) is 18.6 Å². The van der Waals surface area contributed by atoms with Gasteiger partial charge in [0.05, 0.1) is 17.3 Å². The van der Waals surface area contributed by atoms with Crippen molar-refractivity contribution in [3.63, 3.8) is 0 Å². The molecule has 0 aliphatic carbocycles. The summed E-state index contributed by atoms with van der Waals surface area (Å²) in [4.78, 5) is 7.71. The van der Waals surface area contributed by atoms with E-state index in [0.29, 0.717) is 17.0 Å². The molecule has 0 saturated heterocycles. The quantitative estimate of drug-likeness (QED) is 0.656. The highest BCUT2D eigenvalue weighted by molar-refractivity contribution is 6.31. The first kappa shape index (κ1) is 12.9. The van der Waals surface area contributed by atoms with Crippen molar-refractivity contribution >= 4 is 11.6 Å². The van der Waals surface area contributed by atoms with E-state index in [1.165, 1.54) is 6.07 Å². The first-order chi connectivity index (χ1) is 8.70. The number of aromatic nitrogens is 2. The Kier molecular flexibility index (Phi) is 4.19. The summed E-state index contributed by atoms with van der Waals surface area (Å²) in [5.41, 5.74) is 4.20.